The van der Waals surface area contributed by atoms with E-state index in [0.29, 0.717) is 0 Å². The van der Waals surface area contributed by atoms with Crippen molar-refractivity contribution in [1.29, 1.82) is 0 Å². The smallest absolute Gasteiger partial charge is 0.328 e. The van der Waals surface area contributed by atoms with E-state index in [2.05, 4.69) is 10.1 Å². The number of carboxylic acid groups (broad SMARTS) is 1. The Morgan fingerprint density at radius 1 is 1.44 bits per heavy atom. The topological polar surface area (TPSA) is 95.9 Å². The summed E-state index contributed by atoms with van der Waals surface area (Å²) < 4.78 is 4.44. The van der Waals surface area contributed by atoms with Crippen molar-refractivity contribution in [2.45, 2.75) is 13.0 Å². The van der Waals surface area contributed by atoms with Crippen LogP contribution in [0, 0.1) is 5.92 Å². The second-order valence-corrected chi connectivity index (χ2v) is 3.63. The molecule has 1 aliphatic heterocycles. The fraction of sp³-hybridized carbons (Fsp3) is 0.667. The molecule has 1 unspecified atom stereocenters. The zero-order valence-electron chi connectivity index (χ0n) is 9.10. The molecule has 1 aliphatic rings. The van der Waals surface area contributed by atoms with Gasteiger partial charge in [0.05, 0.1) is 13.0 Å². The molecule has 0 aromatic carbocycles. The number of urea groups is 1. The number of aliphatic carboxylic acids is 1. The van der Waals surface area contributed by atoms with Crippen LogP contribution >= 0.6 is 0 Å². The van der Waals surface area contributed by atoms with E-state index in [1.165, 1.54) is 18.9 Å². The zero-order valence-corrected chi connectivity index (χ0v) is 9.10. The van der Waals surface area contributed by atoms with Crippen LogP contribution in [0.4, 0.5) is 4.79 Å². The highest BCUT2D eigenvalue weighted by Gasteiger charge is 2.36. The molecule has 0 radical (unpaired) electrons. The summed E-state index contributed by atoms with van der Waals surface area (Å²) in [6.07, 6.45) is 0. The first kappa shape index (κ1) is 12.3. The molecule has 90 valence electrons. The molecule has 2 N–H and O–H groups in total. The molecule has 1 fully saturated rings. The zero-order chi connectivity index (χ0) is 12.3. The number of methoxy groups -OCH3 is 1. The van der Waals surface area contributed by atoms with Crippen LogP contribution in [0.3, 0.4) is 0 Å². The Balaban J connectivity index is 2.33. The Bertz CT molecular complexity index is 311. The molecule has 7 heteroatoms. The maximum atomic E-state index is 11.4. The Labute approximate surface area is 92.4 Å². The molecule has 2 amide bonds. The summed E-state index contributed by atoms with van der Waals surface area (Å²) in [7, 11) is 1.23. The van der Waals surface area contributed by atoms with Gasteiger partial charge in [-0.25, -0.2) is 9.59 Å². The minimum Gasteiger partial charge on any atom is -0.481 e. The summed E-state index contributed by atoms with van der Waals surface area (Å²) in [5.41, 5.74) is 0. The van der Waals surface area contributed by atoms with Gasteiger partial charge in [0.2, 0.25) is 0 Å². The number of carbonyl (C=O) groups is 3. The van der Waals surface area contributed by atoms with Crippen LogP contribution in [0.25, 0.3) is 0 Å². The lowest BCUT2D eigenvalue weighted by atomic mass is 10.0. The van der Waals surface area contributed by atoms with E-state index < -0.39 is 29.9 Å². The second kappa shape index (κ2) is 4.82. The molecule has 1 rings (SSSR count). The van der Waals surface area contributed by atoms with Gasteiger partial charge < -0.3 is 20.1 Å². The number of esters is 1. The Hall–Kier alpha value is -1.79. The van der Waals surface area contributed by atoms with E-state index in [4.69, 9.17) is 5.11 Å². The van der Waals surface area contributed by atoms with E-state index in [9.17, 15) is 14.4 Å². The number of rotatable bonds is 3. The third-order valence-electron chi connectivity index (χ3n) is 2.41. The standard InChI is InChI=1S/C9H14N2O5/c1-5(8(14)16-2)10-9(15)11-3-6(4-11)7(12)13/h5-6H,3-4H2,1-2H3,(H,10,15)(H,12,13). The number of ether oxygens (including phenoxy) is 1. The minimum atomic E-state index is -0.912. The first-order valence-electron chi connectivity index (χ1n) is 4.81. The summed E-state index contributed by atoms with van der Waals surface area (Å²) in [4.78, 5) is 34.3. The molecule has 7 nitrogen and oxygen atoms in total. The van der Waals surface area contributed by atoms with Gasteiger partial charge in [0.1, 0.15) is 6.04 Å². The molecule has 0 aliphatic carbocycles. The van der Waals surface area contributed by atoms with Gasteiger partial charge in [-0.1, -0.05) is 0 Å². The van der Waals surface area contributed by atoms with E-state index in [1.54, 1.807) is 0 Å². The molecular weight excluding hydrogens is 216 g/mol. The van der Waals surface area contributed by atoms with Crippen molar-refractivity contribution in [3.8, 4) is 0 Å². The quantitative estimate of drug-likeness (QED) is 0.623. The molecule has 0 spiro atoms. The average Bonchev–Trinajstić information content (AvgIpc) is 2.13. The summed E-state index contributed by atoms with van der Waals surface area (Å²) in [6, 6.07) is -1.18. The highest BCUT2D eigenvalue weighted by atomic mass is 16.5. The SMILES string of the molecule is COC(=O)C(C)NC(=O)N1CC(C(=O)O)C1. The van der Waals surface area contributed by atoms with Crippen molar-refractivity contribution in [1.82, 2.24) is 10.2 Å². The predicted octanol–water partition coefficient (Wildman–Crippen LogP) is -0.726. The van der Waals surface area contributed by atoms with E-state index in [1.807, 2.05) is 0 Å². The maximum Gasteiger partial charge on any atom is 0.328 e. The van der Waals surface area contributed by atoms with Gasteiger partial charge in [-0.3, -0.25) is 4.79 Å². The van der Waals surface area contributed by atoms with Crippen LogP contribution in [0.5, 0.6) is 0 Å². The number of carbonyl (C=O) groups excluding carboxylic acids is 2. The molecule has 1 heterocycles. The third-order valence-corrected chi connectivity index (χ3v) is 2.41. The van der Waals surface area contributed by atoms with Crippen LogP contribution < -0.4 is 5.32 Å². The highest BCUT2D eigenvalue weighted by Crippen LogP contribution is 2.15. The highest BCUT2D eigenvalue weighted by molar-refractivity contribution is 5.84. The van der Waals surface area contributed by atoms with Crippen LogP contribution in [0.15, 0.2) is 0 Å². The molecule has 0 aromatic heterocycles. The number of hydrogen-bond acceptors (Lipinski definition) is 4. The van der Waals surface area contributed by atoms with Crippen LogP contribution in [-0.4, -0.2) is 54.2 Å². The van der Waals surface area contributed by atoms with Gasteiger partial charge in [-0.2, -0.15) is 0 Å². The largest absolute Gasteiger partial charge is 0.481 e. The Morgan fingerprint density at radius 3 is 2.44 bits per heavy atom. The molecule has 0 bridgehead atoms. The molecule has 0 aromatic rings. The lowest BCUT2D eigenvalue weighted by molar-refractivity contribution is -0.146. The number of hydrogen-bond donors (Lipinski definition) is 2. The Kier molecular flexibility index (Phi) is 3.70. The van der Waals surface area contributed by atoms with Crippen LogP contribution in [0.2, 0.25) is 0 Å². The van der Waals surface area contributed by atoms with Crippen LogP contribution in [0.1, 0.15) is 6.92 Å². The van der Waals surface area contributed by atoms with Crippen molar-refractivity contribution < 1.29 is 24.2 Å². The van der Waals surface area contributed by atoms with E-state index >= 15 is 0 Å². The minimum absolute atomic E-state index is 0.176. The fourth-order valence-electron chi connectivity index (χ4n) is 1.31. The summed E-state index contributed by atoms with van der Waals surface area (Å²) in [5.74, 6) is -1.95. The first-order valence-corrected chi connectivity index (χ1v) is 4.81. The van der Waals surface area contributed by atoms with E-state index in [0.717, 1.165) is 0 Å². The second-order valence-electron chi connectivity index (χ2n) is 3.63. The summed E-state index contributed by atoms with van der Waals surface area (Å²) in [5, 5.41) is 11.0. The monoisotopic (exact) mass is 230 g/mol. The maximum absolute atomic E-state index is 11.4. The fourth-order valence-corrected chi connectivity index (χ4v) is 1.31. The van der Waals surface area contributed by atoms with Crippen molar-refractivity contribution in [2.24, 2.45) is 5.92 Å². The predicted molar refractivity (Wildman–Crippen MR) is 52.7 cm³/mol. The van der Waals surface area contributed by atoms with Gasteiger partial charge in [0.25, 0.3) is 0 Å². The van der Waals surface area contributed by atoms with Gasteiger partial charge in [-0.05, 0) is 6.92 Å². The number of amides is 2. The third kappa shape index (κ3) is 2.62. The molecule has 1 saturated heterocycles. The number of carboxylic acids is 1. The number of nitrogens with zero attached hydrogens (tertiary/aromatic N) is 1. The van der Waals surface area contributed by atoms with E-state index in [-0.39, 0.29) is 13.1 Å². The molecule has 16 heavy (non-hydrogen) atoms. The van der Waals surface area contributed by atoms with Crippen molar-refractivity contribution in [2.75, 3.05) is 20.2 Å². The molecule has 1 atom stereocenters. The van der Waals surface area contributed by atoms with Crippen molar-refractivity contribution >= 4 is 18.0 Å². The van der Waals surface area contributed by atoms with Crippen molar-refractivity contribution in [3.63, 3.8) is 0 Å². The van der Waals surface area contributed by atoms with Crippen molar-refractivity contribution in [3.05, 3.63) is 0 Å². The number of nitrogens with one attached hydrogen (secondary N) is 1. The summed E-state index contributed by atoms with van der Waals surface area (Å²) >= 11 is 0. The molecule has 0 saturated carbocycles. The van der Waals surface area contributed by atoms with Gasteiger partial charge in [-0.15, -0.1) is 0 Å². The van der Waals surface area contributed by atoms with Gasteiger partial charge >= 0.3 is 18.0 Å². The lowest BCUT2D eigenvalue weighted by Gasteiger charge is -2.36. The Morgan fingerprint density at radius 2 is 2.00 bits per heavy atom. The first-order chi connectivity index (χ1) is 7.45. The average molecular weight is 230 g/mol. The molecular formula is C9H14N2O5. The van der Waals surface area contributed by atoms with Gasteiger partial charge in [0, 0.05) is 13.1 Å². The number of likely N-dealkylation sites (tertiary alicyclic amines) is 1. The summed E-state index contributed by atoms with van der Waals surface area (Å²) in [6.45, 7) is 1.85. The van der Waals surface area contributed by atoms with Gasteiger partial charge in [0.15, 0.2) is 0 Å². The van der Waals surface area contributed by atoms with Crippen LogP contribution in [-0.2, 0) is 14.3 Å². The normalized spacial score (nSPS) is 17.2. The lowest BCUT2D eigenvalue weighted by Crippen LogP contribution is -2.58.